The zero-order chi connectivity index (χ0) is 19.4. The lowest BCUT2D eigenvalue weighted by molar-refractivity contribution is -0.137. The Kier molecular flexibility index (Phi) is 5.65. The van der Waals surface area contributed by atoms with E-state index < -0.39 is 23.7 Å². The van der Waals surface area contributed by atoms with E-state index in [0.717, 1.165) is 18.1 Å². The Morgan fingerprint density at radius 3 is 2.37 bits per heavy atom. The summed E-state index contributed by atoms with van der Waals surface area (Å²) in [6.07, 6.45) is -1.64. The standard InChI is InChI=1S/C21H21F3N2O/c1-15(20(27)25-19-10-6-5-9-18(19)21(22,23)24)26-13-11-17(12-14-26)16-7-3-2-4-8-16/h2-11,15H,12-14H2,1H3,(H,25,27)/t15-/m0/s1. The third kappa shape index (κ3) is 4.57. The third-order valence-electron chi connectivity index (χ3n) is 4.80. The van der Waals surface area contributed by atoms with Crippen LogP contribution in [0.4, 0.5) is 18.9 Å². The van der Waals surface area contributed by atoms with Crippen molar-refractivity contribution in [3.8, 4) is 0 Å². The van der Waals surface area contributed by atoms with E-state index in [2.05, 4.69) is 11.4 Å². The minimum absolute atomic E-state index is 0.209. The predicted molar refractivity (Wildman–Crippen MR) is 100 cm³/mol. The second kappa shape index (κ2) is 7.96. The van der Waals surface area contributed by atoms with Crippen molar-refractivity contribution in [2.45, 2.75) is 25.6 Å². The highest BCUT2D eigenvalue weighted by Crippen LogP contribution is 2.34. The van der Waals surface area contributed by atoms with E-state index in [1.54, 1.807) is 6.92 Å². The van der Waals surface area contributed by atoms with Gasteiger partial charge < -0.3 is 5.32 Å². The lowest BCUT2D eigenvalue weighted by Crippen LogP contribution is -2.44. The number of anilines is 1. The molecule has 2 aromatic rings. The second-order valence-electron chi connectivity index (χ2n) is 6.55. The van der Waals surface area contributed by atoms with E-state index >= 15 is 0 Å². The van der Waals surface area contributed by atoms with Crippen molar-refractivity contribution >= 4 is 17.2 Å². The number of amides is 1. The van der Waals surface area contributed by atoms with Crippen LogP contribution in [0.5, 0.6) is 0 Å². The van der Waals surface area contributed by atoms with E-state index in [1.165, 1.54) is 23.8 Å². The normalized spacial score (nSPS) is 16.5. The van der Waals surface area contributed by atoms with E-state index in [9.17, 15) is 18.0 Å². The summed E-state index contributed by atoms with van der Waals surface area (Å²) >= 11 is 0. The molecule has 0 fully saturated rings. The molecule has 0 bridgehead atoms. The van der Waals surface area contributed by atoms with Crippen LogP contribution >= 0.6 is 0 Å². The monoisotopic (exact) mass is 374 g/mol. The van der Waals surface area contributed by atoms with Crippen molar-refractivity contribution < 1.29 is 18.0 Å². The molecule has 0 unspecified atom stereocenters. The number of nitrogens with zero attached hydrogens (tertiary/aromatic N) is 1. The van der Waals surface area contributed by atoms with Crippen LogP contribution in [-0.4, -0.2) is 29.9 Å². The van der Waals surface area contributed by atoms with Crippen LogP contribution < -0.4 is 5.32 Å². The zero-order valence-electron chi connectivity index (χ0n) is 15.0. The van der Waals surface area contributed by atoms with Gasteiger partial charge in [0.05, 0.1) is 17.3 Å². The molecule has 3 nitrogen and oxygen atoms in total. The Hall–Kier alpha value is -2.60. The number of hydrogen-bond donors (Lipinski definition) is 1. The molecule has 0 spiro atoms. The first-order valence-electron chi connectivity index (χ1n) is 8.82. The third-order valence-corrected chi connectivity index (χ3v) is 4.80. The van der Waals surface area contributed by atoms with Crippen LogP contribution in [0.25, 0.3) is 5.57 Å². The van der Waals surface area contributed by atoms with Gasteiger partial charge in [0.1, 0.15) is 0 Å². The van der Waals surface area contributed by atoms with Crippen LogP contribution in [-0.2, 0) is 11.0 Å². The molecule has 0 aliphatic carbocycles. The maximum absolute atomic E-state index is 13.1. The number of halogens is 3. The molecule has 1 N–H and O–H groups in total. The maximum Gasteiger partial charge on any atom is 0.418 e. The molecule has 2 aromatic carbocycles. The number of carbonyl (C=O) groups is 1. The molecule has 0 radical (unpaired) electrons. The molecular weight excluding hydrogens is 353 g/mol. The van der Waals surface area contributed by atoms with Crippen molar-refractivity contribution in [3.63, 3.8) is 0 Å². The van der Waals surface area contributed by atoms with Crippen LogP contribution in [0.3, 0.4) is 0 Å². The summed E-state index contributed by atoms with van der Waals surface area (Å²) in [6.45, 7) is 2.98. The lowest BCUT2D eigenvalue weighted by Gasteiger charge is -2.31. The van der Waals surface area contributed by atoms with Crippen molar-refractivity contribution in [3.05, 3.63) is 71.8 Å². The minimum Gasteiger partial charge on any atom is -0.324 e. The Bertz CT molecular complexity index is 831. The number of rotatable bonds is 4. The summed E-state index contributed by atoms with van der Waals surface area (Å²) in [5, 5.41) is 2.44. The largest absolute Gasteiger partial charge is 0.418 e. The fraction of sp³-hybridized carbons (Fsp3) is 0.286. The van der Waals surface area contributed by atoms with Gasteiger partial charge in [-0.2, -0.15) is 13.2 Å². The summed E-state index contributed by atoms with van der Waals surface area (Å²) in [5.74, 6) is -0.441. The summed E-state index contributed by atoms with van der Waals surface area (Å²) < 4.78 is 39.3. The molecule has 3 rings (SSSR count). The average molecular weight is 374 g/mol. The number of para-hydroxylation sites is 1. The molecule has 0 aromatic heterocycles. The topological polar surface area (TPSA) is 32.3 Å². The first-order chi connectivity index (χ1) is 12.9. The molecule has 1 atom stereocenters. The molecule has 142 valence electrons. The van der Waals surface area contributed by atoms with E-state index in [0.29, 0.717) is 13.1 Å². The summed E-state index contributed by atoms with van der Waals surface area (Å²) in [5.41, 5.74) is 1.34. The van der Waals surface area contributed by atoms with Gasteiger partial charge in [-0.15, -0.1) is 0 Å². The first kappa shape index (κ1) is 19.2. The van der Waals surface area contributed by atoms with Crippen molar-refractivity contribution in [1.29, 1.82) is 0 Å². The smallest absolute Gasteiger partial charge is 0.324 e. The molecule has 0 saturated heterocycles. The van der Waals surface area contributed by atoms with Gasteiger partial charge in [-0.25, -0.2) is 0 Å². The molecule has 6 heteroatoms. The highest BCUT2D eigenvalue weighted by atomic mass is 19.4. The van der Waals surface area contributed by atoms with Gasteiger partial charge in [0.25, 0.3) is 0 Å². The quantitative estimate of drug-likeness (QED) is 0.832. The van der Waals surface area contributed by atoms with Gasteiger partial charge in [-0.3, -0.25) is 9.69 Å². The molecular formula is C21H21F3N2O. The summed E-state index contributed by atoms with van der Waals surface area (Å²) in [4.78, 5) is 14.5. The molecule has 1 aliphatic heterocycles. The van der Waals surface area contributed by atoms with E-state index in [4.69, 9.17) is 0 Å². The van der Waals surface area contributed by atoms with Gasteiger partial charge >= 0.3 is 6.18 Å². The molecule has 1 amide bonds. The number of carbonyl (C=O) groups excluding carboxylic acids is 1. The van der Waals surface area contributed by atoms with Crippen LogP contribution in [0.1, 0.15) is 24.5 Å². The second-order valence-corrected chi connectivity index (χ2v) is 6.55. The van der Waals surface area contributed by atoms with Gasteiger partial charge in [-0.1, -0.05) is 48.5 Å². The first-order valence-corrected chi connectivity index (χ1v) is 8.82. The number of alkyl halides is 3. The van der Waals surface area contributed by atoms with Gasteiger partial charge in [0.15, 0.2) is 0 Å². The highest BCUT2D eigenvalue weighted by molar-refractivity contribution is 5.95. The number of hydrogen-bond acceptors (Lipinski definition) is 2. The molecule has 0 saturated carbocycles. The molecule has 1 aliphatic rings. The van der Waals surface area contributed by atoms with E-state index in [1.807, 2.05) is 35.2 Å². The lowest BCUT2D eigenvalue weighted by atomic mass is 9.99. The van der Waals surface area contributed by atoms with Crippen LogP contribution in [0, 0.1) is 0 Å². The fourth-order valence-electron chi connectivity index (χ4n) is 3.19. The number of benzene rings is 2. The maximum atomic E-state index is 13.1. The Morgan fingerprint density at radius 2 is 1.74 bits per heavy atom. The summed E-state index contributed by atoms with van der Waals surface area (Å²) in [7, 11) is 0. The molecule has 1 heterocycles. The predicted octanol–water partition coefficient (Wildman–Crippen LogP) is 4.82. The van der Waals surface area contributed by atoms with E-state index in [-0.39, 0.29) is 5.69 Å². The van der Waals surface area contributed by atoms with Gasteiger partial charge in [0, 0.05) is 13.1 Å². The van der Waals surface area contributed by atoms with Crippen molar-refractivity contribution in [2.75, 3.05) is 18.4 Å². The SMILES string of the molecule is C[C@@H](C(=O)Nc1ccccc1C(F)(F)F)N1CC=C(c2ccccc2)CC1. The fourth-order valence-corrected chi connectivity index (χ4v) is 3.19. The summed E-state index contributed by atoms with van der Waals surface area (Å²) in [6, 6.07) is 14.5. The Balaban J connectivity index is 1.67. The zero-order valence-corrected chi connectivity index (χ0v) is 15.0. The number of nitrogens with one attached hydrogen (secondary N) is 1. The molecule has 27 heavy (non-hydrogen) atoms. The van der Waals surface area contributed by atoms with Crippen LogP contribution in [0.2, 0.25) is 0 Å². The van der Waals surface area contributed by atoms with Gasteiger partial charge in [0.2, 0.25) is 5.91 Å². The highest BCUT2D eigenvalue weighted by Gasteiger charge is 2.34. The van der Waals surface area contributed by atoms with Crippen molar-refractivity contribution in [1.82, 2.24) is 4.90 Å². The average Bonchev–Trinajstić information content (AvgIpc) is 2.68. The Labute approximate surface area is 156 Å². The minimum atomic E-state index is -4.51. The Morgan fingerprint density at radius 1 is 1.07 bits per heavy atom. The van der Waals surface area contributed by atoms with Crippen molar-refractivity contribution in [2.24, 2.45) is 0 Å². The van der Waals surface area contributed by atoms with Crippen LogP contribution in [0.15, 0.2) is 60.7 Å². The van der Waals surface area contributed by atoms with Gasteiger partial charge in [-0.05, 0) is 36.6 Å².